The lowest BCUT2D eigenvalue weighted by Gasteiger charge is -2.34. The van der Waals surface area contributed by atoms with Crippen LogP contribution in [0, 0.1) is 13.8 Å². The number of carbonyl (C=O) groups is 3. The summed E-state index contributed by atoms with van der Waals surface area (Å²) >= 11 is 0. The van der Waals surface area contributed by atoms with Gasteiger partial charge in [-0.3, -0.25) is 14.4 Å². The number of benzene rings is 1. The monoisotopic (exact) mass is 345 g/mol. The van der Waals surface area contributed by atoms with E-state index < -0.39 is 0 Å². The standard InChI is InChI=1S/C19H27N3O3/c1-14-11-15(2)13-18(12-14)22(17(4)24)6-5-19(25)21-9-7-20(8-10-21)16(3)23/h11-13H,5-10H2,1-4H3. The third kappa shape index (κ3) is 5.05. The van der Waals surface area contributed by atoms with Crippen molar-refractivity contribution in [2.45, 2.75) is 34.1 Å². The maximum atomic E-state index is 12.5. The van der Waals surface area contributed by atoms with Gasteiger partial charge in [0.2, 0.25) is 17.7 Å². The Morgan fingerprint density at radius 2 is 1.44 bits per heavy atom. The highest BCUT2D eigenvalue weighted by atomic mass is 16.2. The second-order valence-electron chi connectivity index (χ2n) is 6.65. The fourth-order valence-corrected chi connectivity index (χ4v) is 3.21. The molecule has 0 radical (unpaired) electrons. The van der Waals surface area contributed by atoms with Crippen molar-refractivity contribution < 1.29 is 14.4 Å². The molecule has 0 aliphatic carbocycles. The molecule has 6 nitrogen and oxygen atoms in total. The first-order chi connectivity index (χ1) is 11.8. The molecule has 0 bridgehead atoms. The zero-order valence-electron chi connectivity index (χ0n) is 15.5. The number of piperazine rings is 1. The van der Waals surface area contributed by atoms with Gasteiger partial charge in [-0.05, 0) is 37.1 Å². The fraction of sp³-hybridized carbons (Fsp3) is 0.526. The Morgan fingerprint density at radius 1 is 0.920 bits per heavy atom. The van der Waals surface area contributed by atoms with Crippen LogP contribution in [0.2, 0.25) is 0 Å². The van der Waals surface area contributed by atoms with Crippen molar-refractivity contribution in [2.24, 2.45) is 0 Å². The minimum atomic E-state index is -0.0702. The predicted molar refractivity (Wildman–Crippen MR) is 97.4 cm³/mol. The Morgan fingerprint density at radius 3 is 1.92 bits per heavy atom. The summed E-state index contributed by atoms with van der Waals surface area (Å²) in [7, 11) is 0. The van der Waals surface area contributed by atoms with Gasteiger partial charge in [-0.1, -0.05) is 6.07 Å². The summed E-state index contributed by atoms with van der Waals surface area (Å²) in [4.78, 5) is 41.0. The van der Waals surface area contributed by atoms with E-state index in [1.807, 2.05) is 26.0 Å². The van der Waals surface area contributed by atoms with Crippen molar-refractivity contribution in [3.8, 4) is 0 Å². The first-order valence-corrected chi connectivity index (χ1v) is 8.67. The molecule has 1 aliphatic heterocycles. The normalized spacial score (nSPS) is 14.4. The molecule has 1 aromatic rings. The SMILES string of the molecule is CC(=O)N1CCN(C(=O)CCN(C(C)=O)c2cc(C)cc(C)c2)CC1. The molecule has 0 atom stereocenters. The van der Waals surface area contributed by atoms with Crippen molar-refractivity contribution in [3.05, 3.63) is 29.3 Å². The maximum absolute atomic E-state index is 12.5. The molecule has 3 amide bonds. The van der Waals surface area contributed by atoms with Crippen molar-refractivity contribution >= 4 is 23.4 Å². The van der Waals surface area contributed by atoms with Crippen LogP contribution in [0.5, 0.6) is 0 Å². The summed E-state index contributed by atoms with van der Waals surface area (Å²) in [6.07, 6.45) is 0.284. The molecule has 1 fully saturated rings. The van der Waals surface area contributed by atoms with Gasteiger partial charge in [0.1, 0.15) is 0 Å². The van der Waals surface area contributed by atoms with Crippen LogP contribution in [0.25, 0.3) is 0 Å². The number of carbonyl (C=O) groups excluding carboxylic acids is 3. The minimum Gasteiger partial charge on any atom is -0.339 e. The van der Waals surface area contributed by atoms with Crippen LogP contribution in [0.15, 0.2) is 18.2 Å². The number of aryl methyl sites for hydroxylation is 2. The van der Waals surface area contributed by atoms with Crippen LogP contribution in [-0.4, -0.2) is 60.2 Å². The first-order valence-electron chi connectivity index (χ1n) is 8.67. The summed E-state index contributed by atoms with van der Waals surface area (Å²) in [6, 6.07) is 5.98. The van der Waals surface area contributed by atoms with E-state index in [0.29, 0.717) is 32.7 Å². The van der Waals surface area contributed by atoms with Crippen LogP contribution in [0.3, 0.4) is 0 Å². The van der Waals surface area contributed by atoms with Gasteiger partial charge in [0, 0.05) is 58.7 Å². The van der Waals surface area contributed by atoms with E-state index in [1.54, 1.807) is 21.6 Å². The van der Waals surface area contributed by atoms with Gasteiger partial charge in [-0.15, -0.1) is 0 Å². The van der Waals surface area contributed by atoms with Crippen LogP contribution in [-0.2, 0) is 14.4 Å². The molecule has 25 heavy (non-hydrogen) atoms. The molecule has 2 rings (SSSR count). The average Bonchev–Trinajstić information content (AvgIpc) is 2.53. The van der Waals surface area contributed by atoms with Crippen LogP contribution < -0.4 is 4.90 Å². The molecule has 0 spiro atoms. The average molecular weight is 345 g/mol. The van der Waals surface area contributed by atoms with E-state index >= 15 is 0 Å². The molecule has 0 unspecified atom stereocenters. The zero-order valence-corrected chi connectivity index (χ0v) is 15.5. The number of hydrogen-bond acceptors (Lipinski definition) is 3. The Labute approximate surface area is 149 Å². The van der Waals surface area contributed by atoms with Crippen LogP contribution in [0.4, 0.5) is 5.69 Å². The molecule has 0 N–H and O–H groups in total. The quantitative estimate of drug-likeness (QED) is 0.835. The van der Waals surface area contributed by atoms with Crippen LogP contribution >= 0.6 is 0 Å². The lowest BCUT2D eigenvalue weighted by atomic mass is 10.1. The van der Waals surface area contributed by atoms with Gasteiger partial charge in [0.25, 0.3) is 0 Å². The number of amides is 3. The highest BCUT2D eigenvalue weighted by Gasteiger charge is 2.23. The lowest BCUT2D eigenvalue weighted by Crippen LogP contribution is -2.50. The Bertz CT molecular complexity index is 644. The molecule has 0 aromatic heterocycles. The topological polar surface area (TPSA) is 60.9 Å². The molecule has 0 saturated carbocycles. The number of nitrogens with zero attached hydrogens (tertiary/aromatic N) is 3. The van der Waals surface area contributed by atoms with E-state index in [1.165, 1.54) is 6.92 Å². The second kappa shape index (κ2) is 8.14. The van der Waals surface area contributed by atoms with E-state index in [9.17, 15) is 14.4 Å². The first kappa shape index (κ1) is 19.0. The molecule has 1 aromatic carbocycles. The third-order valence-corrected chi connectivity index (χ3v) is 4.53. The van der Waals surface area contributed by atoms with Gasteiger partial charge in [0.15, 0.2) is 0 Å². The van der Waals surface area contributed by atoms with Crippen molar-refractivity contribution in [1.29, 1.82) is 0 Å². The van der Waals surface area contributed by atoms with Gasteiger partial charge in [-0.2, -0.15) is 0 Å². The molecular formula is C19H27N3O3. The highest BCUT2D eigenvalue weighted by molar-refractivity contribution is 5.92. The van der Waals surface area contributed by atoms with Crippen molar-refractivity contribution in [1.82, 2.24) is 9.80 Å². The highest BCUT2D eigenvalue weighted by Crippen LogP contribution is 2.19. The van der Waals surface area contributed by atoms with E-state index in [-0.39, 0.29) is 24.1 Å². The fourth-order valence-electron chi connectivity index (χ4n) is 3.21. The van der Waals surface area contributed by atoms with Gasteiger partial charge in [-0.25, -0.2) is 0 Å². The number of anilines is 1. The Kier molecular flexibility index (Phi) is 6.17. The number of rotatable bonds is 4. The smallest absolute Gasteiger partial charge is 0.224 e. The molecule has 1 saturated heterocycles. The van der Waals surface area contributed by atoms with Crippen molar-refractivity contribution in [3.63, 3.8) is 0 Å². The molecule has 136 valence electrons. The van der Waals surface area contributed by atoms with Gasteiger partial charge >= 0.3 is 0 Å². The summed E-state index contributed by atoms with van der Waals surface area (Å²) in [5.74, 6) is 0.00250. The van der Waals surface area contributed by atoms with Gasteiger partial charge in [0.05, 0.1) is 0 Å². The van der Waals surface area contributed by atoms with Crippen molar-refractivity contribution in [2.75, 3.05) is 37.6 Å². The van der Waals surface area contributed by atoms with E-state index in [0.717, 1.165) is 16.8 Å². The molecule has 6 heteroatoms. The maximum Gasteiger partial charge on any atom is 0.224 e. The molecule has 1 heterocycles. The Hall–Kier alpha value is -2.37. The van der Waals surface area contributed by atoms with E-state index in [4.69, 9.17) is 0 Å². The summed E-state index contributed by atoms with van der Waals surface area (Å²) in [6.45, 7) is 9.69. The lowest BCUT2D eigenvalue weighted by molar-refractivity contribution is -0.138. The zero-order chi connectivity index (χ0) is 18.6. The molecular weight excluding hydrogens is 318 g/mol. The van der Waals surface area contributed by atoms with Gasteiger partial charge < -0.3 is 14.7 Å². The van der Waals surface area contributed by atoms with E-state index in [2.05, 4.69) is 6.07 Å². The molecule has 1 aliphatic rings. The third-order valence-electron chi connectivity index (χ3n) is 4.53. The van der Waals surface area contributed by atoms with Crippen LogP contribution in [0.1, 0.15) is 31.4 Å². The summed E-state index contributed by atoms with van der Waals surface area (Å²) < 4.78 is 0. The minimum absolute atomic E-state index is 0.0267. The number of hydrogen-bond donors (Lipinski definition) is 0. The summed E-state index contributed by atoms with van der Waals surface area (Å²) in [5, 5.41) is 0. The largest absolute Gasteiger partial charge is 0.339 e. The predicted octanol–water partition coefficient (Wildman–Crippen LogP) is 1.74. The second-order valence-corrected chi connectivity index (χ2v) is 6.65. The Balaban J connectivity index is 1.96. The summed E-state index contributed by atoms with van der Waals surface area (Å²) in [5.41, 5.74) is 3.01.